The van der Waals surface area contributed by atoms with Gasteiger partial charge in [0.2, 0.25) is 65.0 Å². The molecule has 1 aromatic carbocycles. The molecule has 0 radical (unpaired) electrons. The molecule has 79 heavy (non-hydrogen) atoms. The molecule has 0 spiro atoms. The molecule has 0 bridgehead atoms. The second kappa shape index (κ2) is 33.6. The molecule has 28 heteroatoms. The standard InChI is InChI=1S/C51H80N16O11S/c1-27(2)19-37(49(76)64-35(44(55)71)16-18-79-6)65-50(77)39(21-31-24-56-26-60-31)63-42(70)25-59-51(78)43(28(3)4)67-45(72)29(5)61-48(75)38(20-30-23-58-34-12-8-7-11-32(30)34)66-47(74)36(14-15-40(54)68)62-41(69)13-9-10-17-57-46(73)33(53)22-52/h7-8,11-12,23-24,26-29,33,35-39,43,58H,9-10,13-22,25,52-53H2,1-6H3,(H2,54,68)(H2,55,71)(H,56,60)(H,57,73)(H,59,78)(H,61,75)(H,62,69)(H,63,70)(H,64,76)(H,65,77)(H,66,74)(H,67,72)/t29?,33?,35-,36?,37-,38-,39-,43-/m0/s1. The van der Waals surface area contributed by atoms with E-state index in [2.05, 4.69) is 62.8 Å². The number of hydrogen-bond acceptors (Lipinski definition) is 15. The zero-order valence-electron chi connectivity index (χ0n) is 45.7. The fraction of sp³-hybridized carbons (Fsp3) is 0.569. The zero-order chi connectivity index (χ0) is 58.8. The monoisotopic (exact) mass is 1120 g/mol. The molecule has 0 saturated heterocycles. The lowest BCUT2D eigenvalue weighted by Crippen LogP contribution is -2.59. The first-order chi connectivity index (χ1) is 37.4. The Morgan fingerprint density at radius 2 is 1.28 bits per heavy atom. The van der Waals surface area contributed by atoms with Crippen LogP contribution in [0.3, 0.4) is 0 Å². The summed E-state index contributed by atoms with van der Waals surface area (Å²) in [6.45, 7) is 7.85. The Kier molecular flexibility index (Phi) is 28.0. The van der Waals surface area contributed by atoms with E-state index >= 15 is 0 Å². The summed E-state index contributed by atoms with van der Waals surface area (Å²) in [6, 6.07) is -2.24. The topological polar surface area (TPSA) is 445 Å². The number of benzene rings is 1. The van der Waals surface area contributed by atoms with Crippen molar-refractivity contribution in [2.75, 3.05) is 31.6 Å². The highest BCUT2D eigenvalue weighted by Gasteiger charge is 2.34. The first kappa shape index (κ1) is 65.7. The fourth-order valence-electron chi connectivity index (χ4n) is 7.99. The van der Waals surface area contributed by atoms with Crippen molar-refractivity contribution in [3.63, 3.8) is 0 Å². The third kappa shape index (κ3) is 23.1. The van der Waals surface area contributed by atoms with Gasteiger partial charge in [0.25, 0.3) is 0 Å². The maximum Gasteiger partial charge on any atom is 0.243 e. The van der Waals surface area contributed by atoms with Crippen LogP contribution in [0, 0.1) is 11.8 Å². The number of para-hydroxylation sites is 1. The van der Waals surface area contributed by atoms with Gasteiger partial charge in [-0.05, 0) is 74.5 Å². The minimum Gasteiger partial charge on any atom is -0.370 e. The number of aromatic amines is 2. The third-order valence-electron chi connectivity index (χ3n) is 12.4. The quantitative estimate of drug-likeness (QED) is 0.0258. The zero-order valence-corrected chi connectivity index (χ0v) is 46.5. The maximum atomic E-state index is 14.2. The highest BCUT2D eigenvalue weighted by Crippen LogP contribution is 2.20. The number of thioether (sulfide) groups is 1. The Labute approximate surface area is 463 Å². The van der Waals surface area contributed by atoms with E-state index in [9.17, 15) is 52.7 Å². The van der Waals surface area contributed by atoms with E-state index in [1.807, 2.05) is 38.3 Å². The number of imidazole rings is 1. The Balaban J connectivity index is 1.73. The smallest absolute Gasteiger partial charge is 0.243 e. The van der Waals surface area contributed by atoms with Gasteiger partial charge in [-0.15, -0.1) is 0 Å². The summed E-state index contributed by atoms with van der Waals surface area (Å²) in [5, 5.41) is 24.3. The van der Waals surface area contributed by atoms with Gasteiger partial charge in [-0.3, -0.25) is 52.7 Å². The number of fused-ring (bicyclic) bond motifs is 1. The van der Waals surface area contributed by atoms with Gasteiger partial charge in [0.1, 0.15) is 42.3 Å². The molecule has 0 fully saturated rings. The Bertz CT molecular complexity index is 2540. The number of hydrogen-bond donors (Lipinski definition) is 15. The molecule has 3 aromatic rings. The normalized spacial score (nSPS) is 14.3. The molecule has 2 aromatic heterocycles. The number of primary amides is 2. The molecule has 3 rings (SSSR count). The number of unbranched alkanes of at least 4 members (excludes halogenated alkanes) is 1. The summed E-state index contributed by atoms with van der Waals surface area (Å²) < 4.78 is 0. The molecule has 11 amide bonds. The molecule has 19 N–H and O–H groups in total. The Morgan fingerprint density at radius 3 is 1.91 bits per heavy atom. The lowest BCUT2D eigenvalue weighted by molar-refractivity contribution is -0.135. The molecule has 3 unspecified atom stereocenters. The number of nitrogens with two attached hydrogens (primary N) is 4. The molecule has 27 nitrogen and oxygen atoms in total. The third-order valence-corrected chi connectivity index (χ3v) is 13.1. The van der Waals surface area contributed by atoms with E-state index in [0.717, 1.165) is 10.9 Å². The lowest BCUT2D eigenvalue weighted by atomic mass is 10.0. The van der Waals surface area contributed by atoms with Crippen LogP contribution < -0.4 is 70.8 Å². The van der Waals surface area contributed by atoms with E-state index in [-0.39, 0.29) is 64.0 Å². The van der Waals surface area contributed by atoms with Crippen LogP contribution in [0.25, 0.3) is 10.9 Å². The summed E-state index contributed by atoms with van der Waals surface area (Å²) in [5.41, 5.74) is 23.8. The van der Waals surface area contributed by atoms with Crippen molar-refractivity contribution in [1.82, 2.24) is 62.8 Å². The molecule has 0 saturated carbocycles. The van der Waals surface area contributed by atoms with Crippen LogP contribution in [0.15, 0.2) is 43.0 Å². The molecule has 2 heterocycles. The van der Waals surface area contributed by atoms with Gasteiger partial charge in [-0.25, -0.2) is 4.98 Å². The van der Waals surface area contributed by atoms with Crippen molar-refractivity contribution in [2.24, 2.45) is 34.8 Å². The average molecular weight is 1130 g/mol. The molecule has 0 aliphatic rings. The Morgan fingerprint density at radius 1 is 0.646 bits per heavy atom. The summed E-state index contributed by atoms with van der Waals surface area (Å²) in [4.78, 5) is 155. The van der Waals surface area contributed by atoms with Crippen LogP contribution in [-0.4, -0.2) is 160 Å². The summed E-state index contributed by atoms with van der Waals surface area (Å²) >= 11 is 1.46. The van der Waals surface area contributed by atoms with Crippen LogP contribution >= 0.6 is 11.8 Å². The molecule has 8 atom stereocenters. The number of nitrogens with one attached hydrogen (secondary N) is 11. The minimum absolute atomic E-state index is 0.0379. The van der Waals surface area contributed by atoms with E-state index in [1.54, 1.807) is 26.1 Å². The van der Waals surface area contributed by atoms with Gasteiger partial charge in [-0.1, -0.05) is 45.9 Å². The van der Waals surface area contributed by atoms with Crippen molar-refractivity contribution in [1.29, 1.82) is 0 Å². The van der Waals surface area contributed by atoms with Gasteiger partial charge in [0, 0.05) is 67.8 Å². The van der Waals surface area contributed by atoms with Gasteiger partial charge < -0.3 is 80.8 Å². The Hall–Kier alpha value is -7.59. The van der Waals surface area contributed by atoms with Crippen LogP contribution in [0.5, 0.6) is 0 Å². The largest absolute Gasteiger partial charge is 0.370 e. The summed E-state index contributed by atoms with van der Waals surface area (Å²) in [6.07, 6.45) is 6.75. The second-order valence-corrected chi connectivity index (χ2v) is 20.8. The highest BCUT2D eigenvalue weighted by molar-refractivity contribution is 7.98. The van der Waals surface area contributed by atoms with Gasteiger partial charge >= 0.3 is 0 Å². The number of nitrogens with zero attached hydrogens (tertiary/aromatic N) is 1. The van der Waals surface area contributed by atoms with Crippen molar-refractivity contribution >= 4 is 87.6 Å². The number of carbonyl (C=O) groups is 11. The van der Waals surface area contributed by atoms with E-state index < -0.39 is 126 Å². The van der Waals surface area contributed by atoms with Crippen molar-refractivity contribution in [2.45, 2.75) is 141 Å². The number of H-pyrrole nitrogens is 2. The van der Waals surface area contributed by atoms with Crippen LogP contribution in [0.1, 0.15) is 90.8 Å². The summed E-state index contributed by atoms with van der Waals surface area (Å²) in [5.74, 6) is -7.96. The lowest BCUT2D eigenvalue weighted by Gasteiger charge is -2.26. The predicted molar refractivity (Wildman–Crippen MR) is 295 cm³/mol. The van der Waals surface area contributed by atoms with Crippen LogP contribution in [0.4, 0.5) is 0 Å². The first-order valence-corrected chi connectivity index (χ1v) is 27.5. The van der Waals surface area contributed by atoms with E-state index in [0.29, 0.717) is 29.9 Å². The molecular weight excluding hydrogens is 1040 g/mol. The fourth-order valence-corrected chi connectivity index (χ4v) is 8.47. The highest BCUT2D eigenvalue weighted by atomic mass is 32.2. The van der Waals surface area contributed by atoms with Gasteiger partial charge in [0.15, 0.2) is 0 Å². The average Bonchev–Trinajstić information content (AvgIpc) is 4.11. The van der Waals surface area contributed by atoms with Gasteiger partial charge in [-0.2, -0.15) is 11.8 Å². The SMILES string of the molecule is CSCC[C@H](NC(=O)[C@H](CC(C)C)NC(=O)[C@H](Cc1cnc[nH]1)NC(=O)CNC(=O)[C@@H](NC(=O)C(C)NC(=O)[C@H](Cc1c[nH]c2ccccc12)NC(=O)C(CCC(N)=O)NC(=O)CCCCNC(=O)C(N)CN)C(C)C)C(N)=O. The maximum absolute atomic E-state index is 14.2. The first-order valence-electron chi connectivity index (χ1n) is 26.1. The van der Waals surface area contributed by atoms with Crippen molar-refractivity contribution < 1.29 is 52.7 Å². The predicted octanol–water partition coefficient (Wildman–Crippen LogP) is -3.02. The second-order valence-electron chi connectivity index (χ2n) is 19.9. The number of amides is 11. The minimum atomic E-state index is -1.36. The molecule has 0 aliphatic heterocycles. The number of carbonyl (C=O) groups excluding carboxylic acids is 11. The number of aromatic nitrogens is 3. The van der Waals surface area contributed by atoms with Crippen LogP contribution in [-0.2, 0) is 65.6 Å². The van der Waals surface area contributed by atoms with Crippen molar-refractivity contribution in [3.05, 3.63) is 54.2 Å². The van der Waals surface area contributed by atoms with E-state index in [1.165, 1.54) is 31.2 Å². The molecular formula is C51H80N16O11S. The molecule has 0 aliphatic carbocycles. The summed E-state index contributed by atoms with van der Waals surface area (Å²) in [7, 11) is 0. The van der Waals surface area contributed by atoms with Gasteiger partial charge in [0.05, 0.1) is 18.9 Å². The van der Waals surface area contributed by atoms with E-state index in [4.69, 9.17) is 22.9 Å². The molecule has 436 valence electrons. The number of rotatable bonds is 36. The van der Waals surface area contributed by atoms with Crippen LogP contribution in [0.2, 0.25) is 0 Å². The van der Waals surface area contributed by atoms with Crippen molar-refractivity contribution in [3.8, 4) is 0 Å².